The third-order valence-electron chi connectivity index (χ3n) is 7.30. The first-order chi connectivity index (χ1) is 17.1. The van der Waals surface area contributed by atoms with Gasteiger partial charge in [-0.25, -0.2) is 4.98 Å². The normalized spacial score (nSPS) is 18.8. The number of methoxy groups -OCH3 is 1. The molecule has 2 fully saturated rings. The van der Waals surface area contributed by atoms with Gasteiger partial charge in [0.1, 0.15) is 11.6 Å². The third kappa shape index (κ3) is 5.19. The Labute approximate surface area is 206 Å². The highest BCUT2D eigenvalue weighted by Crippen LogP contribution is 2.31. The molecule has 2 aliphatic rings. The molecule has 1 atom stereocenters. The number of carbonyl (C=O) groups is 2. The minimum atomic E-state index is 0.0152. The van der Waals surface area contributed by atoms with Crippen molar-refractivity contribution in [3.63, 3.8) is 0 Å². The predicted octanol–water partition coefficient (Wildman–Crippen LogP) is 4.35. The summed E-state index contributed by atoms with van der Waals surface area (Å²) in [5, 5.41) is 0. The number of aromatic nitrogens is 2. The zero-order chi connectivity index (χ0) is 24.2. The van der Waals surface area contributed by atoms with E-state index in [0.29, 0.717) is 32.5 Å². The zero-order valence-corrected chi connectivity index (χ0v) is 20.5. The minimum Gasteiger partial charge on any atom is -0.497 e. The van der Waals surface area contributed by atoms with Crippen molar-refractivity contribution in [2.75, 3.05) is 26.7 Å². The van der Waals surface area contributed by atoms with Crippen molar-refractivity contribution in [2.24, 2.45) is 0 Å². The van der Waals surface area contributed by atoms with Gasteiger partial charge < -0.3 is 19.1 Å². The average Bonchev–Trinajstić information content (AvgIpc) is 3.29. The van der Waals surface area contributed by atoms with Crippen molar-refractivity contribution >= 4 is 22.8 Å². The van der Waals surface area contributed by atoms with Gasteiger partial charge in [0.2, 0.25) is 11.8 Å². The quantitative estimate of drug-likeness (QED) is 0.511. The van der Waals surface area contributed by atoms with Crippen LogP contribution in [0.4, 0.5) is 0 Å². The average molecular weight is 475 g/mol. The number of likely N-dealkylation sites (tertiary alicyclic amines) is 2. The highest BCUT2D eigenvalue weighted by molar-refractivity contribution is 5.81. The number of benzene rings is 2. The Bertz CT molecular complexity index is 1180. The summed E-state index contributed by atoms with van der Waals surface area (Å²) in [6.07, 6.45) is 5.52. The van der Waals surface area contributed by atoms with Crippen LogP contribution < -0.4 is 4.74 Å². The number of amides is 2. The molecule has 2 aliphatic heterocycles. The number of aryl methyl sites for hydroxylation is 1. The molecule has 2 saturated heterocycles. The molecule has 0 aliphatic carbocycles. The molecule has 7 heteroatoms. The van der Waals surface area contributed by atoms with E-state index in [2.05, 4.69) is 10.6 Å². The van der Waals surface area contributed by atoms with Crippen molar-refractivity contribution in [3.05, 3.63) is 59.9 Å². The van der Waals surface area contributed by atoms with E-state index in [1.54, 1.807) is 7.11 Å². The van der Waals surface area contributed by atoms with Crippen LogP contribution in [0.2, 0.25) is 0 Å². The van der Waals surface area contributed by atoms with Crippen molar-refractivity contribution in [3.8, 4) is 5.75 Å². The van der Waals surface area contributed by atoms with Crippen LogP contribution in [0.5, 0.6) is 5.75 Å². The summed E-state index contributed by atoms with van der Waals surface area (Å²) < 4.78 is 7.42. The van der Waals surface area contributed by atoms with Crippen molar-refractivity contribution in [2.45, 2.75) is 57.5 Å². The van der Waals surface area contributed by atoms with E-state index in [-0.39, 0.29) is 17.7 Å². The van der Waals surface area contributed by atoms with E-state index < -0.39 is 0 Å². The van der Waals surface area contributed by atoms with Crippen LogP contribution in [0.15, 0.2) is 48.5 Å². The van der Waals surface area contributed by atoms with Crippen molar-refractivity contribution < 1.29 is 14.3 Å². The van der Waals surface area contributed by atoms with Crippen molar-refractivity contribution in [1.82, 2.24) is 19.4 Å². The number of rotatable bonds is 7. The fourth-order valence-electron chi connectivity index (χ4n) is 5.38. The fourth-order valence-corrected chi connectivity index (χ4v) is 5.38. The monoisotopic (exact) mass is 474 g/mol. The second-order valence-corrected chi connectivity index (χ2v) is 9.68. The molecule has 0 radical (unpaired) electrons. The molecular weight excluding hydrogens is 440 g/mol. The summed E-state index contributed by atoms with van der Waals surface area (Å²) in [4.78, 5) is 34.8. The van der Waals surface area contributed by atoms with Crippen LogP contribution in [0.25, 0.3) is 11.0 Å². The van der Waals surface area contributed by atoms with Gasteiger partial charge in [0, 0.05) is 51.5 Å². The maximum Gasteiger partial charge on any atom is 0.224 e. The summed E-state index contributed by atoms with van der Waals surface area (Å²) in [6.45, 7) is 3.54. The second kappa shape index (κ2) is 10.5. The van der Waals surface area contributed by atoms with E-state index in [0.717, 1.165) is 54.1 Å². The third-order valence-corrected chi connectivity index (χ3v) is 7.30. The Hall–Kier alpha value is -3.35. The van der Waals surface area contributed by atoms with E-state index >= 15 is 0 Å². The molecule has 3 aromatic rings. The molecule has 0 N–H and O–H groups in total. The van der Waals surface area contributed by atoms with Crippen LogP contribution in [-0.4, -0.2) is 57.9 Å². The van der Waals surface area contributed by atoms with Gasteiger partial charge in [-0.1, -0.05) is 37.1 Å². The maximum absolute atomic E-state index is 13.0. The van der Waals surface area contributed by atoms with Gasteiger partial charge in [0.05, 0.1) is 18.1 Å². The molecular formula is C28H34N4O3. The zero-order valence-electron chi connectivity index (χ0n) is 20.5. The van der Waals surface area contributed by atoms with Crippen LogP contribution >= 0.6 is 0 Å². The Morgan fingerprint density at radius 1 is 1.03 bits per heavy atom. The van der Waals surface area contributed by atoms with Gasteiger partial charge in [-0.2, -0.15) is 0 Å². The summed E-state index contributed by atoms with van der Waals surface area (Å²) in [5.74, 6) is 2.11. The van der Waals surface area contributed by atoms with Gasteiger partial charge in [0.15, 0.2) is 0 Å². The molecule has 2 aromatic carbocycles. The lowest BCUT2D eigenvalue weighted by atomic mass is 10.1. The molecule has 2 amide bonds. The first-order valence-corrected chi connectivity index (χ1v) is 12.8. The van der Waals surface area contributed by atoms with E-state index in [4.69, 9.17) is 9.72 Å². The number of carbonyl (C=O) groups excluding carboxylic acids is 2. The van der Waals surface area contributed by atoms with Gasteiger partial charge in [-0.05, 0) is 42.7 Å². The number of hydrogen-bond acceptors (Lipinski definition) is 4. The van der Waals surface area contributed by atoms with E-state index in [9.17, 15) is 9.59 Å². The van der Waals surface area contributed by atoms with Crippen LogP contribution in [0.1, 0.15) is 55.8 Å². The minimum absolute atomic E-state index is 0.0152. The molecule has 1 unspecified atom stereocenters. The molecule has 1 aromatic heterocycles. The van der Waals surface area contributed by atoms with Crippen LogP contribution in [0, 0.1) is 0 Å². The van der Waals surface area contributed by atoms with E-state index in [1.807, 2.05) is 52.3 Å². The number of fused-ring (bicyclic) bond motifs is 1. The SMILES string of the molecule is COc1ccc(CN2CC(c3nc4ccccc4n3CCC(=O)N3CCCCCC3)CC2=O)cc1. The van der Waals surface area contributed by atoms with Gasteiger partial charge in [0.25, 0.3) is 0 Å². The first kappa shape index (κ1) is 23.4. The highest BCUT2D eigenvalue weighted by Gasteiger charge is 2.34. The van der Waals surface area contributed by atoms with Crippen LogP contribution in [-0.2, 0) is 22.7 Å². The fraction of sp³-hybridized carbons (Fsp3) is 0.464. The Kier molecular flexibility index (Phi) is 7.02. The molecule has 0 spiro atoms. The van der Waals surface area contributed by atoms with E-state index in [1.165, 1.54) is 12.8 Å². The summed E-state index contributed by atoms with van der Waals surface area (Å²) in [6, 6.07) is 15.9. The van der Waals surface area contributed by atoms with Gasteiger partial charge >= 0.3 is 0 Å². The Morgan fingerprint density at radius 2 is 1.77 bits per heavy atom. The summed E-state index contributed by atoms with van der Waals surface area (Å²) >= 11 is 0. The Balaban J connectivity index is 1.32. The second-order valence-electron chi connectivity index (χ2n) is 9.68. The smallest absolute Gasteiger partial charge is 0.224 e. The Morgan fingerprint density at radius 3 is 2.51 bits per heavy atom. The number of para-hydroxylation sites is 2. The standard InChI is InChI=1S/C28H34N4O3/c1-35-23-12-10-21(11-13-23)19-31-20-22(18-27(31)34)28-29-24-8-4-5-9-25(24)32(28)17-14-26(33)30-15-6-2-3-7-16-30/h4-5,8-13,22H,2-3,6-7,14-20H2,1H3. The number of ether oxygens (including phenoxy) is 1. The molecule has 5 rings (SSSR count). The lowest BCUT2D eigenvalue weighted by Gasteiger charge is -2.21. The topological polar surface area (TPSA) is 67.7 Å². The van der Waals surface area contributed by atoms with Crippen molar-refractivity contribution in [1.29, 1.82) is 0 Å². The number of hydrogen-bond donors (Lipinski definition) is 0. The lowest BCUT2D eigenvalue weighted by molar-refractivity contribution is -0.131. The van der Waals surface area contributed by atoms with Gasteiger partial charge in [-0.15, -0.1) is 0 Å². The summed E-state index contributed by atoms with van der Waals surface area (Å²) in [7, 11) is 1.65. The largest absolute Gasteiger partial charge is 0.497 e. The lowest BCUT2D eigenvalue weighted by Crippen LogP contribution is -2.32. The molecule has 3 heterocycles. The molecule has 184 valence electrons. The molecule has 35 heavy (non-hydrogen) atoms. The molecule has 7 nitrogen and oxygen atoms in total. The highest BCUT2D eigenvalue weighted by atomic mass is 16.5. The first-order valence-electron chi connectivity index (χ1n) is 12.8. The maximum atomic E-state index is 13.0. The predicted molar refractivity (Wildman–Crippen MR) is 135 cm³/mol. The molecule has 0 saturated carbocycles. The summed E-state index contributed by atoms with van der Waals surface area (Å²) in [5.41, 5.74) is 3.04. The van der Waals surface area contributed by atoms with Gasteiger partial charge in [-0.3, -0.25) is 9.59 Å². The van der Waals surface area contributed by atoms with Crippen LogP contribution in [0.3, 0.4) is 0 Å². The molecule has 0 bridgehead atoms. The number of imidazole rings is 1. The number of nitrogens with zero attached hydrogens (tertiary/aromatic N) is 4.